The van der Waals surface area contributed by atoms with Gasteiger partial charge in [-0.15, -0.1) is 0 Å². The van der Waals surface area contributed by atoms with Crippen molar-refractivity contribution in [1.29, 1.82) is 0 Å². The van der Waals surface area contributed by atoms with Gasteiger partial charge in [-0.25, -0.2) is 8.78 Å². The molecule has 0 saturated carbocycles. The summed E-state index contributed by atoms with van der Waals surface area (Å²) in [5.74, 6) is -0.0230. The molecule has 1 aromatic rings. The third-order valence-electron chi connectivity index (χ3n) is 2.65. The molecule has 1 N–H and O–H groups in total. The highest BCUT2D eigenvalue weighted by atomic mass is 19.3. The second-order valence-electron chi connectivity index (χ2n) is 3.80. The summed E-state index contributed by atoms with van der Waals surface area (Å²) >= 11 is 0. The van der Waals surface area contributed by atoms with Crippen LogP contribution in [0.2, 0.25) is 0 Å². The predicted molar refractivity (Wildman–Crippen MR) is 58.2 cm³/mol. The van der Waals surface area contributed by atoms with Gasteiger partial charge in [0.1, 0.15) is 5.75 Å². The van der Waals surface area contributed by atoms with Crippen LogP contribution in [0.25, 0.3) is 0 Å². The van der Waals surface area contributed by atoms with Gasteiger partial charge in [0.05, 0.1) is 12.7 Å². The first-order valence-corrected chi connectivity index (χ1v) is 5.09. The first-order chi connectivity index (χ1) is 7.52. The summed E-state index contributed by atoms with van der Waals surface area (Å²) in [5.41, 5.74) is 1.38. The van der Waals surface area contributed by atoms with E-state index >= 15 is 0 Å². The number of halogens is 2. The molecule has 90 valence electrons. The van der Waals surface area contributed by atoms with Crippen LogP contribution in [0.5, 0.6) is 5.75 Å². The summed E-state index contributed by atoms with van der Waals surface area (Å²) in [6, 6.07) is 3.00. The lowest BCUT2D eigenvalue weighted by Crippen LogP contribution is -2.06. The molecule has 0 saturated heterocycles. The Bertz CT molecular complexity index is 364. The third kappa shape index (κ3) is 2.32. The smallest absolute Gasteiger partial charge is 0.267 e. The van der Waals surface area contributed by atoms with Gasteiger partial charge in [-0.3, -0.25) is 0 Å². The van der Waals surface area contributed by atoms with Crippen LogP contribution >= 0.6 is 0 Å². The minimum absolute atomic E-state index is 0.0934. The zero-order valence-electron chi connectivity index (χ0n) is 9.63. The van der Waals surface area contributed by atoms with E-state index in [-0.39, 0.29) is 23.8 Å². The lowest BCUT2D eigenvalue weighted by molar-refractivity contribution is 0.146. The van der Waals surface area contributed by atoms with Crippen LogP contribution in [0.3, 0.4) is 0 Å². The molecule has 0 bridgehead atoms. The van der Waals surface area contributed by atoms with Crippen LogP contribution in [0.15, 0.2) is 12.1 Å². The van der Waals surface area contributed by atoms with E-state index in [2.05, 4.69) is 0 Å². The monoisotopic (exact) mass is 230 g/mol. The van der Waals surface area contributed by atoms with E-state index in [9.17, 15) is 8.78 Å². The maximum Gasteiger partial charge on any atom is 0.267 e. The molecule has 1 aromatic carbocycles. The van der Waals surface area contributed by atoms with Crippen LogP contribution in [0, 0.1) is 6.92 Å². The number of methoxy groups -OCH3 is 1. The summed E-state index contributed by atoms with van der Waals surface area (Å²) in [5, 5.41) is 9.12. The predicted octanol–water partition coefficient (Wildman–Crippen LogP) is 3.04. The Kier molecular flexibility index (Phi) is 4.24. The van der Waals surface area contributed by atoms with Gasteiger partial charge in [0.2, 0.25) is 0 Å². The average Bonchev–Trinajstić information content (AvgIpc) is 2.26. The van der Waals surface area contributed by atoms with E-state index < -0.39 is 6.43 Å². The van der Waals surface area contributed by atoms with Gasteiger partial charge in [-0.05, 0) is 18.6 Å². The fourth-order valence-corrected chi connectivity index (χ4v) is 1.82. The van der Waals surface area contributed by atoms with Crippen molar-refractivity contribution in [3.8, 4) is 5.75 Å². The molecule has 0 amide bonds. The Morgan fingerprint density at radius 2 is 2.00 bits per heavy atom. The Labute approximate surface area is 93.9 Å². The molecule has 4 heteroatoms. The lowest BCUT2D eigenvalue weighted by Gasteiger charge is -2.19. The third-order valence-corrected chi connectivity index (χ3v) is 2.65. The van der Waals surface area contributed by atoms with Crippen LogP contribution in [-0.2, 0) is 0 Å². The SMILES string of the molecule is COc1c(C(F)F)ccc(C)c1C(C)CO. The first-order valence-electron chi connectivity index (χ1n) is 5.09. The molecule has 1 atom stereocenters. The summed E-state index contributed by atoms with van der Waals surface area (Å²) in [6.45, 7) is 3.50. The molecule has 0 spiro atoms. The Balaban J connectivity index is 3.38. The zero-order valence-corrected chi connectivity index (χ0v) is 9.63. The van der Waals surface area contributed by atoms with Crippen LogP contribution in [0.4, 0.5) is 8.78 Å². The molecule has 2 nitrogen and oxygen atoms in total. The van der Waals surface area contributed by atoms with Gasteiger partial charge < -0.3 is 9.84 Å². The average molecular weight is 230 g/mol. The molecule has 0 aliphatic carbocycles. The number of aliphatic hydroxyl groups excluding tert-OH is 1. The quantitative estimate of drug-likeness (QED) is 0.861. The molecule has 1 unspecified atom stereocenters. The van der Waals surface area contributed by atoms with E-state index in [0.29, 0.717) is 5.56 Å². The summed E-state index contributed by atoms with van der Waals surface area (Å²) in [4.78, 5) is 0. The van der Waals surface area contributed by atoms with Crippen molar-refractivity contribution >= 4 is 0 Å². The first kappa shape index (κ1) is 12.9. The van der Waals surface area contributed by atoms with Crippen molar-refractivity contribution < 1.29 is 18.6 Å². The highest BCUT2D eigenvalue weighted by molar-refractivity contribution is 5.48. The fraction of sp³-hybridized carbons (Fsp3) is 0.500. The van der Waals surface area contributed by atoms with Gasteiger partial charge in [0.25, 0.3) is 6.43 Å². The second kappa shape index (κ2) is 5.25. The van der Waals surface area contributed by atoms with Gasteiger partial charge in [-0.1, -0.05) is 13.0 Å². The van der Waals surface area contributed by atoms with Crippen LogP contribution < -0.4 is 4.74 Å². The number of hydrogen-bond donors (Lipinski definition) is 1. The van der Waals surface area contributed by atoms with E-state index in [1.807, 2.05) is 6.92 Å². The van der Waals surface area contributed by atoms with E-state index in [1.165, 1.54) is 13.2 Å². The second-order valence-corrected chi connectivity index (χ2v) is 3.80. The number of rotatable bonds is 4. The lowest BCUT2D eigenvalue weighted by atomic mass is 9.93. The maximum absolute atomic E-state index is 12.8. The Morgan fingerprint density at radius 1 is 1.38 bits per heavy atom. The number of aliphatic hydroxyl groups is 1. The summed E-state index contributed by atoms with van der Waals surface area (Å²) in [6.07, 6.45) is -2.57. The molecule has 16 heavy (non-hydrogen) atoms. The van der Waals surface area contributed by atoms with Gasteiger partial charge >= 0.3 is 0 Å². The number of ether oxygens (including phenoxy) is 1. The van der Waals surface area contributed by atoms with Gasteiger partial charge in [0.15, 0.2) is 0 Å². The highest BCUT2D eigenvalue weighted by Crippen LogP contribution is 2.37. The highest BCUT2D eigenvalue weighted by Gasteiger charge is 2.21. The van der Waals surface area contributed by atoms with Crippen molar-refractivity contribution in [3.05, 3.63) is 28.8 Å². The molecule has 1 rings (SSSR count). The van der Waals surface area contributed by atoms with Gasteiger partial charge in [0, 0.05) is 18.1 Å². The van der Waals surface area contributed by atoms with Crippen molar-refractivity contribution in [1.82, 2.24) is 0 Å². The number of aryl methyl sites for hydroxylation is 1. The molecule has 0 aliphatic rings. The Hall–Kier alpha value is -1.16. The van der Waals surface area contributed by atoms with Crippen molar-refractivity contribution in [2.45, 2.75) is 26.2 Å². The molecular weight excluding hydrogens is 214 g/mol. The molecule has 0 radical (unpaired) electrons. The Morgan fingerprint density at radius 3 is 2.44 bits per heavy atom. The minimum Gasteiger partial charge on any atom is -0.496 e. The van der Waals surface area contributed by atoms with Crippen LogP contribution in [-0.4, -0.2) is 18.8 Å². The van der Waals surface area contributed by atoms with Crippen LogP contribution in [0.1, 0.15) is 36.0 Å². The molecule has 0 heterocycles. The van der Waals surface area contributed by atoms with Gasteiger partial charge in [-0.2, -0.15) is 0 Å². The van der Waals surface area contributed by atoms with Crippen molar-refractivity contribution in [3.63, 3.8) is 0 Å². The van der Waals surface area contributed by atoms with E-state index in [0.717, 1.165) is 5.56 Å². The fourth-order valence-electron chi connectivity index (χ4n) is 1.82. The summed E-state index contributed by atoms with van der Waals surface area (Å²) in [7, 11) is 1.37. The minimum atomic E-state index is -2.57. The van der Waals surface area contributed by atoms with E-state index in [4.69, 9.17) is 9.84 Å². The standard InChI is InChI=1S/C12H16F2O2/c1-7-4-5-9(12(13)14)11(16-3)10(7)8(2)6-15/h4-5,8,12,15H,6H2,1-3H3. The largest absolute Gasteiger partial charge is 0.496 e. The maximum atomic E-state index is 12.8. The van der Waals surface area contributed by atoms with E-state index in [1.54, 1.807) is 13.0 Å². The molecule has 0 aliphatic heterocycles. The molecule has 0 fully saturated rings. The molecular formula is C12H16F2O2. The van der Waals surface area contributed by atoms with Crippen molar-refractivity contribution in [2.24, 2.45) is 0 Å². The van der Waals surface area contributed by atoms with Crippen molar-refractivity contribution in [2.75, 3.05) is 13.7 Å². The summed E-state index contributed by atoms with van der Waals surface area (Å²) < 4.78 is 30.6. The zero-order chi connectivity index (χ0) is 12.3. The number of hydrogen-bond acceptors (Lipinski definition) is 2. The topological polar surface area (TPSA) is 29.5 Å². The molecule has 0 aromatic heterocycles. The number of alkyl halides is 2. The normalized spacial score (nSPS) is 12.9. The number of benzene rings is 1.